The van der Waals surface area contributed by atoms with Crippen LogP contribution in [0.3, 0.4) is 0 Å². The van der Waals surface area contributed by atoms with Gasteiger partial charge in [0.25, 0.3) is 0 Å². The first kappa shape index (κ1) is 20.7. The Bertz CT molecular complexity index is 278. The third-order valence-electron chi connectivity index (χ3n) is 2.09. The molecule has 128 valence electrons. The summed E-state index contributed by atoms with van der Waals surface area (Å²) < 4.78 is 26.2. The number of hydrogen-bond donors (Lipinski definition) is 0. The van der Waals surface area contributed by atoms with Crippen molar-refractivity contribution in [1.29, 1.82) is 0 Å². The maximum absolute atomic E-state index is 11.6. The molecule has 0 amide bonds. The summed E-state index contributed by atoms with van der Waals surface area (Å²) in [5.41, 5.74) is 0. The van der Waals surface area contributed by atoms with Gasteiger partial charge in [0.1, 0.15) is 0 Å². The first-order valence-corrected chi connectivity index (χ1v) is 11.1. The molecule has 0 rings (SSSR count). The van der Waals surface area contributed by atoms with E-state index in [4.69, 9.17) is 23.5 Å². The molecule has 0 aliphatic rings. The van der Waals surface area contributed by atoms with Crippen LogP contribution >= 0.6 is 6.83 Å². The average Bonchev–Trinajstić information content (AvgIpc) is 2.32. The molecule has 0 fully saturated rings. The minimum atomic E-state index is -2.23. The summed E-state index contributed by atoms with van der Waals surface area (Å²) in [5.74, 6) is -0.199. The van der Waals surface area contributed by atoms with Crippen LogP contribution in [0.25, 0.3) is 0 Å². The summed E-state index contributed by atoms with van der Waals surface area (Å²) >= 11 is 0. The fourth-order valence-electron chi connectivity index (χ4n) is 1.29. The summed E-state index contributed by atoms with van der Waals surface area (Å²) in [6.45, 7) is 9.30. The van der Waals surface area contributed by atoms with Gasteiger partial charge in [0.05, 0.1) is 6.61 Å². The summed E-state index contributed by atoms with van der Waals surface area (Å²) in [6.07, 6.45) is 0.279. The van der Waals surface area contributed by atoms with Crippen LogP contribution in [0.4, 0.5) is 0 Å². The number of hydrogen-bond acceptors (Lipinski definition) is 6. The van der Waals surface area contributed by atoms with Gasteiger partial charge in [-0.05, 0) is 0 Å². The van der Waals surface area contributed by atoms with Crippen LogP contribution in [0.15, 0.2) is 0 Å². The molecule has 0 unspecified atom stereocenters. The van der Waals surface area contributed by atoms with E-state index in [1.807, 2.05) is 26.7 Å². The van der Waals surface area contributed by atoms with Gasteiger partial charge in [-0.2, -0.15) is 0 Å². The van der Waals surface area contributed by atoms with E-state index in [9.17, 15) is 4.79 Å². The molecular formula is C14H31O6P. The Morgan fingerprint density at radius 1 is 0.762 bits per heavy atom. The van der Waals surface area contributed by atoms with E-state index in [1.165, 1.54) is 0 Å². The summed E-state index contributed by atoms with van der Waals surface area (Å²) in [6, 6.07) is 0. The molecule has 0 heterocycles. The van der Waals surface area contributed by atoms with Gasteiger partial charge in [-0.25, -0.2) is 0 Å². The second-order valence-corrected chi connectivity index (χ2v) is 13.5. The molecule has 0 saturated carbocycles. The average molecular weight is 326 g/mol. The number of carbonyl (C=O) groups is 1. The Kier molecular flexibility index (Phi) is 10.3. The third-order valence-corrected chi connectivity index (χ3v) is 3.03. The van der Waals surface area contributed by atoms with Crippen molar-refractivity contribution < 1.29 is 28.3 Å². The molecule has 21 heavy (non-hydrogen) atoms. The number of methoxy groups -OCH3 is 1. The van der Waals surface area contributed by atoms with Gasteiger partial charge in [0.15, 0.2) is 0 Å². The van der Waals surface area contributed by atoms with Crippen molar-refractivity contribution in [3.05, 3.63) is 0 Å². The van der Waals surface area contributed by atoms with Crippen molar-refractivity contribution in [2.24, 2.45) is 0 Å². The Morgan fingerprint density at radius 2 is 1.19 bits per heavy atom. The molecule has 0 radical (unpaired) electrons. The zero-order valence-corrected chi connectivity index (χ0v) is 14.9. The van der Waals surface area contributed by atoms with Crippen molar-refractivity contribution in [1.82, 2.24) is 0 Å². The molecule has 0 spiro atoms. The standard InChI is InChI=1S/C14H31O6P/c1-16-8-9-18-12-13-19-11-10-17-7-6-14(15)20-21(2,3,4)5/h6-13H2,1-5H3. The molecule has 7 heteroatoms. The van der Waals surface area contributed by atoms with Crippen LogP contribution in [0.1, 0.15) is 6.42 Å². The van der Waals surface area contributed by atoms with Gasteiger partial charge >= 0.3 is 109 Å². The van der Waals surface area contributed by atoms with Crippen LogP contribution in [0.5, 0.6) is 0 Å². The van der Waals surface area contributed by atoms with Gasteiger partial charge in [0, 0.05) is 7.11 Å². The second-order valence-electron chi connectivity index (χ2n) is 6.46. The Labute approximate surface area is 128 Å². The zero-order valence-electron chi connectivity index (χ0n) is 14.1. The van der Waals surface area contributed by atoms with E-state index in [2.05, 4.69) is 0 Å². The molecule has 0 saturated heterocycles. The van der Waals surface area contributed by atoms with E-state index in [-0.39, 0.29) is 12.4 Å². The molecular weight excluding hydrogens is 295 g/mol. The van der Waals surface area contributed by atoms with Crippen LogP contribution in [-0.2, 0) is 28.3 Å². The molecule has 0 aliphatic heterocycles. The normalized spacial score (nSPS) is 13.7. The van der Waals surface area contributed by atoms with Crippen LogP contribution < -0.4 is 0 Å². The Balaban J connectivity index is 3.31. The molecule has 0 atom stereocenters. The van der Waals surface area contributed by atoms with Gasteiger partial charge in [-0.1, -0.05) is 0 Å². The van der Waals surface area contributed by atoms with E-state index in [0.717, 1.165) is 0 Å². The first-order valence-electron chi connectivity index (χ1n) is 7.16. The van der Waals surface area contributed by atoms with Crippen molar-refractivity contribution in [2.45, 2.75) is 6.42 Å². The molecule has 0 N–H and O–H groups in total. The topological polar surface area (TPSA) is 63.2 Å². The van der Waals surface area contributed by atoms with Gasteiger partial charge in [-0.15, -0.1) is 0 Å². The van der Waals surface area contributed by atoms with Crippen LogP contribution in [-0.4, -0.2) is 86.0 Å². The minimum absolute atomic E-state index is 0.199. The Morgan fingerprint density at radius 3 is 1.62 bits per heavy atom. The van der Waals surface area contributed by atoms with E-state index in [0.29, 0.717) is 46.2 Å². The predicted octanol–water partition coefficient (Wildman–Crippen LogP) is 1.60. The maximum atomic E-state index is 11.6. The number of carbonyl (C=O) groups excluding carboxylic acids is 1. The van der Waals surface area contributed by atoms with Crippen molar-refractivity contribution >= 4 is 12.8 Å². The number of ether oxygens (including phenoxy) is 4. The SMILES string of the molecule is COCCOCCOCCOCCC(=O)OP(C)(C)(C)C. The van der Waals surface area contributed by atoms with Crippen LogP contribution in [0, 0.1) is 0 Å². The fourth-order valence-corrected chi connectivity index (χ4v) is 2.20. The summed E-state index contributed by atoms with van der Waals surface area (Å²) in [4.78, 5) is 11.6. The summed E-state index contributed by atoms with van der Waals surface area (Å²) in [7, 11) is 1.64. The van der Waals surface area contributed by atoms with Gasteiger partial charge < -0.3 is 4.74 Å². The van der Waals surface area contributed by atoms with Crippen LogP contribution in [0.2, 0.25) is 0 Å². The Hall–Kier alpha value is -0.260. The molecule has 0 aromatic rings. The first-order chi connectivity index (χ1) is 9.71. The molecule has 0 aliphatic carbocycles. The monoisotopic (exact) mass is 326 g/mol. The number of rotatable bonds is 13. The van der Waals surface area contributed by atoms with Crippen molar-refractivity contribution in [3.8, 4) is 0 Å². The van der Waals surface area contributed by atoms with Gasteiger partial charge in [-0.3, -0.25) is 0 Å². The predicted molar refractivity (Wildman–Crippen MR) is 85.7 cm³/mol. The zero-order chi connectivity index (χ0) is 16.2. The quantitative estimate of drug-likeness (QED) is 0.378. The second kappa shape index (κ2) is 10.5. The van der Waals surface area contributed by atoms with E-state index in [1.54, 1.807) is 7.11 Å². The van der Waals surface area contributed by atoms with E-state index >= 15 is 0 Å². The third kappa shape index (κ3) is 17.7. The molecule has 0 aromatic heterocycles. The van der Waals surface area contributed by atoms with Crippen molar-refractivity contribution in [3.63, 3.8) is 0 Å². The van der Waals surface area contributed by atoms with E-state index < -0.39 is 6.83 Å². The molecule has 0 bridgehead atoms. The molecule has 0 aromatic carbocycles. The fraction of sp³-hybridized carbons (Fsp3) is 0.929. The summed E-state index contributed by atoms with van der Waals surface area (Å²) in [5, 5.41) is 0. The van der Waals surface area contributed by atoms with Crippen molar-refractivity contribution in [2.75, 3.05) is 80.0 Å². The molecule has 6 nitrogen and oxygen atoms in total. The van der Waals surface area contributed by atoms with Gasteiger partial charge in [0.2, 0.25) is 0 Å².